The second kappa shape index (κ2) is 10.7. The first-order valence-electron chi connectivity index (χ1n) is 10.0. The highest BCUT2D eigenvalue weighted by Crippen LogP contribution is 2.33. The van der Waals surface area contributed by atoms with Gasteiger partial charge in [0.1, 0.15) is 9.92 Å². The second-order valence-corrected chi connectivity index (χ2v) is 10.2. The summed E-state index contributed by atoms with van der Waals surface area (Å²) < 4.78 is 6.91. The third kappa shape index (κ3) is 5.36. The topological polar surface area (TPSA) is 78.9 Å². The van der Waals surface area contributed by atoms with Gasteiger partial charge in [0.25, 0.3) is 5.91 Å². The largest absolute Gasteiger partial charge is 0.451 e. The number of carbonyl (C=O) groups excluding carboxylic acids is 1. The van der Waals surface area contributed by atoms with Crippen molar-refractivity contribution in [3.63, 3.8) is 0 Å². The molecule has 1 N–H and O–H groups in total. The predicted octanol–water partition coefficient (Wildman–Crippen LogP) is 6.02. The Bertz CT molecular complexity index is 1270. The van der Waals surface area contributed by atoms with Crippen molar-refractivity contribution < 1.29 is 9.21 Å². The Morgan fingerprint density at radius 3 is 2.81 bits per heavy atom. The van der Waals surface area contributed by atoms with E-state index in [1.807, 2.05) is 60.8 Å². The van der Waals surface area contributed by atoms with Crippen molar-refractivity contribution in [1.29, 1.82) is 5.26 Å². The summed E-state index contributed by atoms with van der Waals surface area (Å²) in [5.74, 6) is 2.26. The Labute approximate surface area is 199 Å². The van der Waals surface area contributed by atoms with Gasteiger partial charge in [0, 0.05) is 45.8 Å². The molecule has 0 radical (unpaired) electrons. The maximum atomic E-state index is 12.9. The molecule has 0 fully saturated rings. The first-order valence-corrected chi connectivity index (χ1v) is 13.1. The number of nitrogens with zero attached hydrogens (tertiary/aromatic N) is 2. The number of furan rings is 1. The van der Waals surface area contributed by atoms with Gasteiger partial charge >= 0.3 is 0 Å². The first-order chi connectivity index (χ1) is 15.7. The number of aryl methyl sites for hydroxylation is 1. The number of thiazole rings is 1. The molecule has 32 heavy (non-hydrogen) atoms. The fourth-order valence-electron chi connectivity index (χ4n) is 3.21. The molecule has 0 spiro atoms. The Kier molecular flexibility index (Phi) is 7.53. The molecule has 5 nitrogen and oxygen atoms in total. The lowest BCUT2D eigenvalue weighted by molar-refractivity contribution is 0.0929. The van der Waals surface area contributed by atoms with Gasteiger partial charge in [0.15, 0.2) is 5.76 Å². The summed E-state index contributed by atoms with van der Waals surface area (Å²) in [5, 5.41) is 15.2. The summed E-state index contributed by atoms with van der Waals surface area (Å²) in [7, 11) is 0. The number of nitrogens with one attached hydrogen (secondary N) is 1. The molecule has 1 amide bonds. The molecular formula is C24H21N3O2S3. The van der Waals surface area contributed by atoms with E-state index in [4.69, 9.17) is 4.42 Å². The number of rotatable bonds is 9. The van der Waals surface area contributed by atoms with E-state index in [0.29, 0.717) is 29.2 Å². The fourth-order valence-corrected chi connectivity index (χ4v) is 5.95. The zero-order valence-electron chi connectivity index (χ0n) is 17.5. The van der Waals surface area contributed by atoms with Gasteiger partial charge in [-0.15, -0.1) is 11.3 Å². The lowest BCUT2D eigenvalue weighted by Gasteiger charge is -2.06. The summed E-state index contributed by atoms with van der Waals surface area (Å²) in [4.78, 5) is 17.4. The number of aromatic nitrogens is 1. The summed E-state index contributed by atoms with van der Waals surface area (Å²) in [6.45, 7) is 2.50. The normalized spacial score (nSPS) is 10.9. The van der Waals surface area contributed by atoms with Crippen molar-refractivity contribution in [3.05, 3.63) is 82.1 Å². The average Bonchev–Trinajstić information content (AvgIpc) is 3.40. The van der Waals surface area contributed by atoms with Gasteiger partial charge in [0.2, 0.25) is 0 Å². The zero-order chi connectivity index (χ0) is 22.3. The quantitative estimate of drug-likeness (QED) is 0.233. The minimum atomic E-state index is -0.204. The molecule has 0 aliphatic carbocycles. The highest BCUT2D eigenvalue weighted by Gasteiger charge is 2.20. The van der Waals surface area contributed by atoms with E-state index in [9.17, 15) is 10.1 Å². The van der Waals surface area contributed by atoms with Crippen molar-refractivity contribution in [3.8, 4) is 6.07 Å². The van der Waals surface area contributed by atoms with Crippen LogP contribution in [0.5, 0.6) is 0 Å². The van der Waals surface area contributed by atoms with Crippen LogP contribution in [0.4, 0.5) is 0 Å². The smallest absolute Gasteiger partial charge is 0.287 e. The van der Waals surface area contributed by atoms with E-state index in [1.165, 1.54) is 0 Å². The highest BCUT2D eigenvalue weighted by atomic mass is 32.2. The monoisotopic (exact) mass is 479 g/mol. The van der Waals surface area contributed by atoms with Gasteiger partial charge in [-0.1, -0.05) is 48.2 Å². The number of para-hydroxylation sites is 1. The maximum Gasteiger partial charge on any atom is 0.287 e. The van der Waals surface area contributed by atoms with Crippen LogP contribution < -0.4 is 5.32 Å². The van der Waals surface area contributed by atoms with Crippen molar-refractivity contribution in [2.75, 3.05) is 12.3 Å². The molecule has 162 valence electrons. The van der Waals surface area contributed by atoms with Crippen LogP contribution in [0.25, 0.3) is 11.0 Å². The standard InChI is InChI=1S/C24H21N3O2S3/c1-16-13-31-24(27-16)32-15-20-19-8-4-5-9-21(19)29-22(20)23(28)26-10-11-30-14-18-7-3-2-6-17(18)12-25/h2-9,13H,10-11,14-15H2,1H3,(H,26,28). The third-order valence-corrected chi connectivity index (χ3v) is 7.94. The minimum absolute atomic E-state index is 0.204. The number of hydrogen-bond acceptors (Lipinski definition) is 7. The Morgan fingerprint density at radius 2 is 2.00 bits per heavy atom. The van der Waals surface area contributed by atoms with Gasteiger partial charge in [-0.2, -0.15) is 17.0 Å². The molecule has 8 heteroatoms. The van der Waals surface area contributed by atoms with Crippen LogP contribution in [-0.2, 0) is 11.5 Å². The molecule has 0 bridgehead atoms. The Balaban J connectivity index is 1.37. The van der Waals surface area contributed by atoms with Crippen LogP contribution in [-0.4, -0.2) is 23.2 Å². The fraction of sp³-hybridized carbons (Fsp3) is 0.208. The molecule has 2 aromatic carbocycles. The molecule has 0 atom stereocenters. The zero-order valence-corrected chi connectivity index (χ0v) is 19.9. The molecule has 0 unspecified atom stereocenters. The minimum Gasteiger partial charge on any atom is -0.451 e. The van der Waals surface area contributed by atoms with E-state index in [1.54, 1.807) is 34.9 Å². The number of nitriles is 1. The average molecular weight is 480 g/mol. The van der Waals surface area contributed by atoms with Crippen LogP contribution >= 0.6 is 34.9 Å². The van der Waals surface area contributed by atoms with Gasteiger partial charge in [0.05, 0.1) is 11.6 Å². The molecule has 4 rings (SSSR count). The van der Waals surface area contributed by atoms with Crippen molar-refractivity contribution in [2.24, 2.45) is 0 Å². The lowest BCUT2D eigenvalue weighted by atomic mass is 10.1. The van der Waals surface area contributed by atoms with E-state index in [0.717, 1.165) is 38.1 Å². The van der Waals surface area contributed by atoms with Crippen LogP contribution in [0, 0.1) is 18.3 Å². The van der Waals surface area contributed by atoms with Gasteiger partial charge in [-0.3, -0.25) is 4.79 Å². The molecule has 0 aliphatic rings. The number of hydrogen-bond donors (Lipinski definition) is 1. The van der Waals surface area contributed by atoms with Crippen molar-refractivity contribution in [1.82, 2.24) is 10.3 Å². The lowest BCUT2D eigenvalue weighted by Crippen LogP contribution is -2.26. The molecule has 0 saturated carbocycles. The summed E-state index contributed by atoms with van der Waals surface area (Å²) in [6.07, 6.45) is 0. The van der Waals surface area contributed by atoms with E-state index >= 15 is 0 Å². The molecule has 2 heterocycles. The Hall–Kier alpha value is -2.73. The van der Waals surface area contributed by atoms with Crippen LogP contribution in [0.2, 0.25) is 0 Å². The van der Waals surface area contributed by atoms with E-state index < -0.39 is 0 Å². The van der Waals surface area contributed by atoms with Crippen molar-refractivity contribution in [2.45, 2.75) is 22.8 Å². The molecule has 4 aromatic rings. The summed E-state index contributed by atoms with van der Waals surface area (Å²) in [6, 6.07) is 17.5. The predicted molar refractivity (Wildman–Crippen MR) is 132 cm³/mol. The maximum absolute atomic E-state index is 12.9. The van der Waals surface area contributed by atoms with E-state index in [2.05, 4.69) is 16.4 Å². The van der Waals surface area contributed by atoms with Crippen LogP contribution in [0.3, 0.4) is 0 Å². The number of benzene rings is 2. The van der Waals surface area contributed by atoms with E-state index in [-0.39, 0.29) is 5.91 Å². The SMILES string of the molecule is Cc1csc(SCc2c(C(=O)NCCSCc3ccccc3C#N)oc3ccccc23)n1. The van der Waals surface area contributed by atoms with Crippen LogP contribution in [0.1, 0.15) is 32.9 Å². The van der Waals surface area contributed by atoms with Gasteiger partial charge in [-0.25, -0.2) is 4.98 Å². The number of thioether (sulfide) groups is 2. The van der Waals surface area contributed by atoms with Crippen molar-refractivity contribution >= 4 is 51.7 Å². The molecule has 0 saturated heterocycles. The Morgan fingerprint density at radius 1 is 1.19 bits per heavy atom. The summed E-state index contributed by atoms with van der Waals surface area (Å²) in [5.41, 5.74) is 4.32. The van der Waals surface area contributed by atoms with Crippen LogP contribution in [0.15, 0.2) is 62.7 Å². The van der Waals surface area contributed by atoms with Gasteiger partial charge in [-0.05, 0) is 24.6 Å². The first kappa shape index (κ1) is 22.5. The summed E-state index contributed by atoms with van der Waals surface area (Å²) >= 11 is 4.91. The number of fused-ring (bicyclic) bond motifs is 1. The van der Waals surface area contributed by atoms with Gasteiger partial charge < -0.3 is 9.73 Å². The molecule has 0 aliphatic heterocycles. The second-order valence-electron chi connectivity index (χ2n) is 7.03. The molecular weight excluding hydrogens is 458 g/mol. The number of amides is 1. The number of carbonyl (C=O) groups is 1. The molecule has 2 aromatic heterocycles. The third-order valence-electron chi connectivity index (χ3n) is 4.77. The highest BCUT2D eigenvalue weighted by molar-refractivity contribution is 8.00.